The van der Waals surface area contributed by atoms with E-state index in [4.69, 9.17) is 4.74 Å². The summed E-state index contributed by atoms with van der Waals surface area (Å²) >= 11 is 0. The normalized spacial score (nSPS) is 27.3. The van der Waals surface area contributed by atoms with Crippen LogP contribution in [0.4, 0.5) is 5.82 Å². The Morgan fingerprint density at radius 3 is 3.00 bits per heavy atom. The van der Waals surface area contributed by atoms with E-state index in [9.17, 15) is 9.59 Å². The van der Waals surface area contributed by atoms with Gasteiger partial charge in [0.05, 0.1) is 12.2 Å². The van der Waals surface area contributed by atoms with Gasteiger partial charge in [-0.1, -0.05) is 0 Å². The van der Waals surface area contributed by atoms with Crippen LogP contribution < -0.4 is 10.2 Å². The van der Waals surface area contributed by atoms with Crippen LogP contribution in [0.5, 0.6) is 0 Å². The van der Waals surface area contributed by atoms with E-state index in [0.29, 0.717) is 42.5 Å². The highest BCUT2D eigenvalue weighted by Gasteiger charge is 2.44. The molecule has 0 saturated carbocycles. The smallest absolute Gasteiger partial charge is 0.252 e. The van der Waals surface area contributed by atoms with Crippen molar-refractivity contribution in [3.63, 3.8) is 0 Å². The Hall–Kier alpha value is -2.15. The van der Waals surface area contributed by atoms with Crippen molar-refractivity contribution in [1.29, 1.82) is 0 Å². The second-order valence-corrected chi connectivity index (χ2v) is 7.93. The summed E-state index contributed by atoms with van der Waals surface area (Å²) in [6.45, 7) is 3.74. The lowest BCUT2D eigenvalue weighted by Crippen LogP contribution is -2.60. The second-order valence-electron chi connectivity index (χ2n) is 7.93. The van der Waals surface area contributed by atoms with Gasteiger partial charge in [-0.25, -0.2) is 4.98 Å². The number of aromatic nitrogens is 1. The van der Waals surface area contributed by atoms with E-state index in [1.54, 1.807) is 13.3 Å². The Balaban J connectivity index is 1.41. The number of piperidine rings is 3. The minimum absolute atomic E-state index is 0.127. The number of carbonyl (C=O) groups excluding carboxylic acids is 2. The molecule has 0 aromatic carbocycles. The number of fused-ring (bicyclic) bond motifs is 4. The Labute approximate surface area is 160 Å². The molecule has 0 aliphatic carbocycles. The molecule has 2 bridgehead atoms. The predicted molar refractivity (Wildman–Crippen MR) is 102 cm³/mol. The first-order chi connectivity index (χ1) is 13.2. The number of amides is 2. The maximum Gasteiger partial charge on any atom is 0.252 e. The molecule has 0 spiro atoms. The molecule has 1 aromatic heterocycles. The van der Waals surface area contributed by atoms with Crippen molar-refractivity contribution in [1.82, 2.24) is 15.2 Å². The van der Waals surface area contributed by atoms with Crippen LogP contribution in [0.2, 0.25) is 0 Å². The summed E-state index contributed by atoms with van der Waals surface area (Å²) in [5.41, 5.74) is 0.566. The van der Waals surface area contributed by atoms with Crippen molar-refractivity contribution < 1.29 is 14.3 Å². The number of methoxy groups -OCH3 is 1. The highest BCUT2D eigenvalue weighted by atomic mass is 16.5. The highest BCUT2D eigenvalue weighted by Crippen LogP contribution is 2.38. The maximum absolute atomic E-state index is 12.3. The van der Waals surface area contributed by atoms with Gasteiger partial charge in [-0.3, -0.25) is 9.59 Å². The van der Waals surface area contributed by atoms with Crippen LogP contribution in [0.3, 0.4) is 0 Å². The molecule has 1 aromatic rings. The Bertz CT molecular complexity index is 693. The van der Waals surface area contributed by atoms with E-state index in [-0.39, 0.29) is 5.91 Å². The minimum atomic E-state index is -0.127. The number of ether oxygens (including phenoxy) is 1. The number of rotatable bonds is 5. The topological polar surface area (TPSA) is 74.8 Å². The number of carbonyl (C=O) groups is 2. The lowest BCUT2D eigenvalue weighted by Gasteiger charge is -2.52. The maximum atomic E-state index is 12.3. The number of pyridine rings is 1. The monoisotopic (exact) mass is 372 g/mol. The van der Waals surface area contributed by atoms with Crippen LogP contribution in [0.25, 0.3) is 0 Å². The molecule has 7 heteroatoms. The van der Waals surface area contributed by atoms with Crippen molar-refractivity contribution in [2.24, 2.45) is 11.8 Å². The highest BCUT2D eigenvalue weighted by molar-refractivity contribution is 5.94. The summed E-state index contributed by atoms with van der Waals surface area (Å²) in [4.78, 5) is 33.4. The number of nitrogens with zero attached hydrogens (tertiary/aromatic N) is 3. The Morgan fingerprint density at radius 1 is 1.33 bits per heavy atom. The van der Waals surface area contributed by atoms with Gasteiger partial charge in [0.2, 0.25) is 5.91 Å². The van der Waals surface area contributed by atoms with Gasteiger partial charge in [-0.15, -0.1) is 0 Å². The van der Waals surface area contributed by atoms with Gasteiger partial charge < -0.3 is 19.9 Å². The van der Waals surface area contributed by atoms with E-state index >= 15 is 0 Å². The molecular weight excluding hydrogens is 344 g/mol. The molecule has 2 amide bonds. The largest absolute Gasteiger partial charge is 0.383 e. The Morgan fingerprint density at radius 2 is 2.22 bits per heavy atom. The third-order valence-electron chi connectivity index (χ3n) is 6.11. The average molecular weight is 372 g/mol. The lowest BCUT2D eigenvalue weighted by molar-refractivity contribution is -0.142. The first kappa shape index (κ1) is 18.2. The number of nitrogens with one attached hydrogen (secondary N) is 1. The molecule has 3 aliphatic heterocycles. The molecule has 3 atom stereocenters. The van der Waals surface area contributed by atoms with Crippen molar-refractivity contribution in [2.45, 2.75) is 31.7 Å². The zero-order valence-corrected chi connectivity index (χ0v) is 15.9. The molecule has 7 nitrogen and oxygen atoms in total. The molecule has 0 unspecified atom stereocenters. The van der Waals surface area contributed by atoms with Crippen molar-refractivity contribution in [3.05, 3.63) is 23.9 Å². The van der Waals surface area contributed by atoms with Gasteiger partial charge in [0, 0.05) is 51.9 Å². The fraction of sp³-hybridized carbons (Fsp3) is 0.650. The standard InChI is InChI=1S/C20H28N4O3/c1-27-8-7-21-20(26)15-5-6-18(22-10-15)23-11-14-9-16(13-23)17-3-2-4-19(25)24(17)12-14/h5-6,10,14,16-17H,2-4,7-9,11-13H2,1H3,(H,21,26)/t14-,16-,17-/m1/s1. The van der Waals surface area contributed by atoms with E-state index in [1.165, 1.54) is 6.42 Å². The van der Waals surface area contributed by atoms with Crippen molar-refractivity contribution >= 4 is 17.6 Å². The predicted octanol–water partition coefficient (Wildman–Crippen LogP) is 1.29. The van der Waals surface area contributed by atoms with Crippen LogP contribution in [0.15, 0.2) is 18.3 Å². The number of anilines is 1. The van der Waals surface area contributed by atoms with Gasteiger partial charge in [-0.2, -0.15) is 0 Å². The molecule has 4 heterocycles. The average Bonchev–Trinajstić information content (AvgIpc) is 2.69. The fourth-order valence-electron chi connectivity index (χ4n) is 4.87. The molecule has 3 fully saturated rings. The quantitative estimate of drug-likeness (QED) is 0.789. The molecule has 4 rings (SSSR count). The fourth-order valence-corrected chi connectivity index (χ4v) is 4.87. The van der Waals surface area contributed by atoms with Crippen molar-refractivity contribution in [3.8, 4) is 0 Å². The molecule has 3 aliphatic rings. The van der Waals surface area contributed by atoms with Gasteiger partial charge in [0.25, 0.3) is 5.91 Å². The van der Waals surface area contributed by atoms with Gasteiger partial charge >= 0.3 is 0 Å². The number of hydrogen-bond donors (Lipinski definition) is 1. The molecule has 0 radical (unpaired) electrons. The SMILES string of the molecule is COCCNC(=O)c1ccc(N2C[C@H]3C[C@H](C2)[C@H]2CCCC(=O)N2C3)nc1. The summed E-state index contributed by atoms with van der Waals surface area (Å²) in [5.74, 6) is 2.18. The van der Waals surface area contributed by atoms with E-state index in [1.807, 2.05) is 12.1 Å². The van der Waals surface area contributed by atoms with Crippen LogP contribution in [-0.4, -0.2) is 67.6 Å². The van der Waals surface area contributed by atoms with E-state index in [2.05, 4.69) is 20.1 Å². The summed E-state index contributed by atoms with van der Waals surface area (Å²) in [6.07, 6.45) is 5.73. The molecule has 27 heavy (non-hydrogen) atoms. The van der Waals surface area contributed by atoms with E-state index in [0.717, 1.165) is 44.7 Å². The van der Waals surface area contributed by atoms with Gasteiger partial charge in [0.15, 0.2) is 0 Å². The van der Waals surface area contributed by atoms with E-state index < -0.39 is 0 Å². The van der Waals surface area contributed by atoms with Crippen LogP contribution in [0, 0.1) is 11.8 Å². The molecule has 3 saturated heterocycles. The molecular formula is C20H28N4O3. The van der Waals surface area contributed by atoms with Gasteiger partial charge in [0.1, 0.15) is 5.82 Å². The lowest BCUT2D eigenvalue weighted by atomic mass is 9.76. The van der Waals surface area contributed by atoms with Crippen LogP contribution in [-0.2, 0) is 9.53 Å². The summed E-state index contributed by atoms with van der Waals surface area (Å²) in [6, 6.07) is 4.18. The summed E-state index contributed by atoms with van der Waals surface area (Å²) in [5, 5.41) is 2.81. The Kier molecular flexibility index (Phi) is 5.29. The number of hydrogen-bond acceptors (Lipinski definition) is 5. The molecule has 1 N–H and O–H groups in total. The first-order valence-corrected chi connectivity index (χ1v) is 9.93. The summed E-state index contributed by atoms with van der Waals surface area (Å²) in [7, 11) is 1.61. The third kappa shape index (κ3) is 3.78. The van der Waals surface area contributed by atoms with Gasteiger partial charge in [-0.05, 0) is 43.2 Å². The zero-order valence-electron chi connectivity index (χ0n) is 15.9. The van der Waals surface area contributed by atoms with Crippen LogP contribution in [0.1, 0.15) is 36.0 Å². The molecule has 146 valence electrons. The zero-order chi connectivity index (χ0) is 18.8. The van der Waals surface area contributed by atoms with Crippen molar-refractivity contribution in [2.75, 3.05) is 44.8 Å². The second kappa shape index (κ2) is 7.84. The minimum Gasteiger partial charge on any atom is -0.383 e. The first-order valence-electron chi connectivity index (χ1n) is 9.93. The van der Waals surface area contributed by atoms with Crippen LogP contribution >= 0.6 is 0 Å². The third-order valence-corrected chi connectivity index (χ3v) is 6.11. The summed E-state index contributed by atoms with van der Waals surface area (Å²) < 4.78 is 4.95.